The minimum atomic E-state index is -0.371. The number of hydrogen-bond acceptors (Lipinski definition) is 2. The summed E-state index contributed by atoms with van der Waals surface area (Å²) in [4.78, 5) is 12.8. The Bertz CT molecular complexity index is 376. The topological polar surface area (TPSA) is 32.3 Å². The molecule has 0 spiro atoms. The van der Waals surface area contributed by atoms with Crippen LogP contribution < -0.4 is 5.32 Å². The first-order chi connectivity index (χ1) is 7.99. The number of halogens is 2. The van der Waals surface area contributed by atoms with Gasteiger partial charge in [0, 0.05) is 37.8 Å². The normalized spacial score (nSPS) is 10.1. The summed E-state index contributed by atoms with van der Waals surface area (Å²) in [6.07, 6.45) is 1.17. The van der Waals surface area contributed by atoms with Crippen LogP contribution >= 0.6 is 11.6 Å². The highest BCUT2D eigenvalue weighted by Gasteiger charge is 2.03. The van der Waals surface area contributed by atoms with Crippen molar-refractivity contribution < 1.29 is 9.18 Å². The van der Waals surface area contributed by atoms with E-state index in [0.717, 1.165) is 0 Å². The van der Waals surface area contributed by atoms with Gasteiger partial charge in [-0.15, -0.1) is 0 Å². The molecule has 0 atom stereocenters. The number of carbonyl (C=O) groups excluding carboxylic acids is 1. The molecule has 1 amide bonds. The molecular weight excluding hydrogens is 243 g/mol. The summed E-state index contributed by atoms with van der Waals surface area (Å²) < 4.78 is 13.0. The van der Waals surface area contributed by atoms with Crippen molar-refractivity contribution in [1.82, 2.24) is 4.90 Å². The van der Waals surface area contributed by atoms with Crippen LogP contribution in [0.2, 0.25) is 5.02 Å². The van der Waals surface area contributed by atoms with Crippen molar-refractivity contribution in [3.63, 3.8) is 0 Å². The van der Waals surface area contributed by atoms with Gasteiger partial charge in [-0.1, -0.05) is 11.6 Å². The highest BCUT2D eigenvalue weighted by atomic mass is 35.5. The number of nitrogens with one attached hydrogen (secondary N) is 1. The number of hydrogen-bond donors (Lipinski definition) is 1. The van der Waals surface area contributed by atoms with Crippen LogP contribution in [0.1, 0.15) is 12.8 Å². The fraction of sp³-hybridized carbons (Fsp3) is 0.417. The van der Waals surface area contributed by atoms with Crippen LogP contribution in [0.3, 0.4) is 0 Å². The van der Waals surface area contributed by atoms with Gasteiger partial charge in [-0.2, -0.15) is 0 Å². The maximum absolute atomic E-state index is 13.0. The summed E-state index contributed by atoms with van der Waals surface area (Å²) in [6.45, 7) is 0.610. The Labute approximate surface area is 106 Å². The lowest BCUT2D eigenvalue weighted by molar-refractivity contribution is -0.128. The average Bonchev–Trinajstić information content (AvgIpc) is 2.22. The van der Waals surface area contributed by atoms with Crippen molar-refractivity contribution >= 4 is 23.2 Å². The first kappa shape index (κ1) is 13.8. The third-order valence-electron chi connectivity index (χ3n) is 2.26. The molecule has 0 aliphatic rings. The zero-order valence-corrected chi connectivity index (χ0v) is 10.7. The van der Waals surface area contributed by atoms with Gasteiger partial charge >= 0.3 is 0 Å². The molecule has 1 rings (SSSR count). The third kappa shape index (κ3) is 5.04. The summed E-state index contributed by atoms with van der Waals surface area (Å²) in [5.74, 6) is -0.284. The van der Waals surface area contributed by atoms with Crippen molar-refractivity contribution in [3.8, 4) is 0 Å². The molecule has 94 valence electrons. The minimum Gasteiger partial charge on any atom is -0.385 e. The second-order valence-electron chi connectivity index (χ2n) is 3.98. The van der Waals surface area contributed by atoms with Gasteiger partial charge in [0.05, 0.1) is 0 Å². The molecule has 0 aromatic heterocycles. The predicted octanol–water partition coefficient (Wildman–Crippen LogP) is 2.76. The van der Waals surface area contributed by atoms with E-state index in [2.05, 4.69) is 5.32 Å². The number of amides is 1. The third-order valence-corrected chi connectivity index (χ3v) is 2.48. The molecule has 3 nitrogen and oxygen atoms in total. The van der Waals surface area contributed by atoms with E-state index in [1.807, 2.05) is 0 Å². The number of carbonyl (C=O) groups is 1. The van der Waals surface area contributed by atoms with Crippen molar-refractivity contribution in [1.29, 1.82) is 0 Å². The van der Waals surface area contributed by atoms with E-state index in [9.17, 15) is 9.18 Å². The van der Waals surface area contributed by atoms with E-state index in [-0.39, 0.29) is 11.7 Å². The van der Waals surface area contributed by atoms with E-state index in [0.29, 0.717) is 30.1 Å². The fourth-order valence-corrected chi connectivity index (χ4v) is 1.57. The largest absolute Gasteiger partial charge is 0.385 e. The van der Waals surface area contributed by atoms with E-state index >= 15 is 0 Å². The molecule has 0 radical (unpaired) electrons. The van der Waals surface area contributed by atoms with Crippen LogP contribution in [0.15, 0.2) is 18.2 Å². The Balaban J connectivity index is 2.33. The second kappa shape index (κ2) is 6.45. The summed E-state index contributed by atoms with van der Waals surface area (Å²) in [7, 11) is 3.45. The quantitative estimate of drug-likeness (QED) is 0.824. The Hall–Kier alpha value is -1.29. The number of nitrogens with zero attached hydrogens (tertiary/aromatic N) is 1. The number of benzene rings is 1. The molecule has 0 fully saturated rings. The molecule has 0 aliphatic carbocycles. The van der Waals surface area contributed by atoms with Crippen LogP contribution in [0.4, 0.5) is 10.1 Å². The lowest BCUT2D eigenvalue weighted by Gasteiger charge is -2.10. The van der Waals surface area contributed by atoms with Crippen molar-refractivity contribution in [3.05, 3.63) is 29.0 Å². The van der Waals surface area contributed by atoms with Crippen molar-refractivity contribution in [2.75, 3.05) is 26.0 Å². The number of rotatable bonds is 5. The van der Waals surface area contributed by atoms with Gasteiger partial charge < -0.3 is 10.2 Å². The highest BCUT2D eigenvalue weighted by Crippen LogP contribution is 2.17. The minimum absolute atomic E-state index is 0.0871. The maximum Gasteiger partial charge on any atom is 0.222 e. The van der Waals surface area contributed by atoms with Gasteiger partial charge in [-0.05, 0) is 24.6 Å². The van der Waals surface area contributed by atoms with E-state index in [1.165, 1.54) is 12.1 Å². The average molecular weight is 259 g/mol. The van der Waals surface area contributed by atoms with Gasteiger partial charge in [0.25, 0.3) is 0 Å². The smallest absolute Gasteiger partial charge is 0.222 e. The zero-order valence-electron chi connectivity index (χ0n) is 9.96. The molecule has 0 aliphatic heterocycles. The summed E-state index contributed by atoms with van der Waals surface area (Å²) >= 11 is 5.71. The second-order valence-corrected chi connectivity index (χ2v) is 4.41. The first-order valence-corrected chi connectivity index (χ1v) is 5.77. The van der Waals surface area contributed by atoms with Gasteiger partial charge in [-0.25, -0.2) is 4.39 Å². The van der Waals surface area contributed by atoms with Crippen LogP contribution in [0.25, 0.3) is 0 Å². The molecule has 5 heteroatoms. The van der Waals surface area contributed by atoms with E-state index < -0.39 is 0 Å². The van der Waals surface area contributed by atoms with Crippen LogP contribution in [-0.4, -0.2) is 31.4 Å². The maximum atomic E-state index is 13.0. The molecule has 1 aromatic rings. The summed E-state index contributed by atoms with van der Waals surface area (Å²) in [5, 5.41) is 3.38. The molecule has 0 bridgehead atoms. The van der Waals surface area contributed by atoms with E-state index in [4.69, 9.17) is 11.6 Å². The molecule has 1 N–H and O–H groups in total. The van der Waals surface area contributed by atoms with Crippen LogP contribution in [0.5, 0.6) is 0 Å². The standard InChI is InChI=1S/C12H16ClFN2O/c1-16(2)12(17)4-3-5-15-11-7-9(13)6-10(14)8-11/h6-8,15H,3-5H2,1-2H3. The molecule has 0 saturated carbocycles. The molecule has 1 aromatic carbocycles. The van der Waals surface area contributed by atoms with Crippen LogP contribution in [0, 0.1) is 5.82 Å². The zero-order chi connectivity index (χ0) is 12.8. The SMILES string of the molecule is CN(C)C(=O)CCCNc1cc(F)cc(Cl)c1. The Morgan fingerprint density at radius 2 is 2.12 bits per heavy atom. The van der Waals surface area contributed by atoms with Gasteiger partial charge in [0.1, 0.15) is 5.82 Å². The summed E-state index contributed by atoms with van der Waals surface area (Å²) in [5.41, 5.74) is 0.632. The van der Waals surface area contributed by atoms with Crippen LogP contribution in [-0.2, 0) is 4.79 Å². The first-order valence-electron chi connectivity index (χ1n) is 5.39. The van der Waals surface area contributed by atoms with Crippen molar-refractivity contribution in [2.45, 2.75) is 12.8 Å². The Morgan fingerprint density at radius 3 is 2.71 bits per heavy atom. The predicted molar refractivity (Wildman–Crippen MR) is 67.8 cm³/mol. The molecule has 0 heterocycles. The lowest BCUT2D eigenvalue weighted by Crippen LogP contribution is -2.22. The molecule has 17 heavy (non-hydrogen) atoms. The van der Waals surface area contributed by atoms with Gasteiger partial charge in [0.2, 0.25) is 5.91 Å². The van der Waals surface area contributed by atoms with Crippen molar-refractivity contribution in [2.24, 2.45) is 0 Å². The van der Waals surface area contributed by atoms with E-state index in [1.54, 1.807) is 25.1 Å². The monoisotopic (exact) mass is 258 g/mol. The summed E-state index contributed by atoms with van der Waals surface area (Å²) in [6, 6.07) is 4.28. The Kier molecular flexibility index (Phi) is 5.22. The van der Waals surface area contributed by atoms with Gasteiger partial charge in [-0.3, -0.25) is 4.79 Å². The highest BCUT2D eigenvalue weighted by molar-refractivity contribution is 6.30. The van der Waals surface area contributed by atoms with Gasteiger partial charge in [0.15, 0.2) is 0 Å². The lowest BCUT2D eigenvalue weighted by atomic mass is 10.2. The molecular formula is C12H16ClFN2O. The Morgan fingerprint density at radius 1 is 1.41 bits per heavy atom. The number of anilines is 1. The molecule has 0 saturated heterocycles. The fourth-order valence-electron chi connectivity index (χ4n) is 1.35. The molecule has 0 unspecified atom stereocenters.